The molecule has 2 heterocycles. The second-order valence-electron chi connectivity index (χ2n) is 4.27. The fraction of sp³-hybridized carbons (Fsp3) is 0.727. The Morgan fingerprint density at radius 1 is 1.67 bits per heavy atom. The van der Waals surface area contributed by atoms with Crippen LogP contribution in [0.2, 0.25) is 0 Å². The van der Waals surface area contributed by atoms with E-state index in [1.165, 1.54) is 30.0 Å². The van der Waals surface area contributed by atoms with Crippen LogP contribution in [-0.2, 0) is 6.54 Å². The number of rotatable bonds is 4. The van der Waals surface area contributed by atoms with Crippen LogP contribution in [-0.4, -0.2) is 36.1 Å². The molecule has 0 bridgehead atoms. The standard InChI is InChI=1S/C11H19N3S/c1-9-11(15-8-13-9)7-12-6-10-4-3-5-14(10)2/h8,10,12H,3-7H2,1-2H3. The van der Waals surface area contributed by atoms with Gasteiger partial charge in [-0.1, -0.05) is 0 Å². The van der Waals surface area contributed by atoms with Crippen molar-refractivity contribution in [2.45, 2.75) is 32.4 Å². The average Bonchev–Trinajstić information content (AvgIpc) is 2.78. The summed E-state index contributed by atoms with van der Waals surface area (Å²) in [6.45, 7) is 5.41. The zero-order chi connectivity index (χ0) is 10.7. The number of likely N-dealkylation sites (tertiary alicyclic amines) is 1. The van der Waals surface area contributed by atoms with E-state index in [2.05, 4.69) is 29.2 Å². The number of thiazole rings is 1. The number of likely N-dealkylation sites (N-methyl/N-ethyl adjacent to an activating group) is 1. The van der Waals surface area contributed by atoms with Gasteiger partial charge in [0.05, 0.1) is 11.2 Å². The van der Waals surface area contributed by atoms with Gasteiger partial charge in [-0.05, 0) is 33.4 Å². The minimum atomic E-state index is 0.734. The van der Waals surface area contributed by atoms with Gasteiger partial charge in [-0.15, -0.1) is 11.3 Å². The first-order valence-electron chi connectivity index (χ1n) is 5.57. The summed E-state index contributed by atoms with van der Waals surface area (Å²) in [5, 5.41) is 3.53. The first-order valence-corrected chi connectivity index (χ1v) is 6.45. The third-order valence-corrected chi connectivity index (χ3v) is 4.12. The van der Waals surface area contributed by atoms with Crippen LogP contribution < -0.4 is 5.32 Å². The highest BCUT2D eigenvalue weighted by molar-refractivity contribution is 7.09. The highest BCUT2D eigenvalue weighted by atomic mass is 32.1. The second-order valence-corrected chi connectivity index (χ2v) is 5.21. The number of aromatic nitrogens is 1. The van der Waals surface area contributed by atoms with E-state index in [4.69, 9.17) is 0 Å². The SMILES string of the molecule is Cc1ncsc1CNCC1CCCN1C. The van der Waals surface area contributed by atoms with Gasteiger partial charge in [0.15, 0.2) is 0 Å². The predicted octanol–water partition coefficient (Wildman–Crippen LogP) is 1.64. The molecule has 1 atom stereocenters. The molecule has 2 rings (SSSR count). The zero-order valence-corrected chi connectivity index (χ0v) is 10.3. The van der Waals surface area contributed by atoms with E-state index in [1.807, 2.05) is 5.51 Å². The Balaban J connectivity index is 1.73. The van der Waals surface area contributed by atoms with Crippen LogP contribution in [0.1, 0.15) is 23.4 Å². The molecule has 0 spiro atoms. The molecule has 1 aliphatic rings. The van der Waals surface area contributed by atoms with Crippen LogP contribution in [0.5, 0.6) is 0 Å². The van der Waals surface area contributed by atoms with Gasteiger partial charge in [0, 0.05) is 24.0 Å². The van der Waals surface area contributed by atoms with Crippen molar-refractivity contribution in [3.05, 3.63) is 16.1 Å². The molecule has 0 radical (unpaired) electrons. The summed E-state index contributed by atoms with van der Waals surface area (Å²) in [7, 11) is 2.22. The maximum Gasteiger partial charge on any atom is 0.0798 e. The fourth-order valence-electron chi connectivity index (χ4n) is 2.09. The highest BCUT2D eigenvalue weighted by Crippen LogP contribution is 2.15. The van der Waals surface area contributed by atoms with Crippen LogP contribution in [0.15, 0.2) is 5.51 Å². The maximum atomic E-state index is 4.25. The van der Waals surface area contributed by atoms with Crippen LogP contribution in [0.3, 0.4) is 0 Å². The van der Waals surface area contributed by atoms with Gasteiger partial charge in [-0.25, -0.2) is 4.98 Å². The Bertz CT molecular complexity index is 311. The summed E-state index contributed by atoms with van der Waals surface area (Å²) in [4.78, 5) is 8.07. The number of nitrogens with one attached hydrogen (secondary N) is 1. The van der Waals surface area contributed by atoms with Gasteiger partial charge < -0.3 is 10.2 Å². The molecule has 1 fully saturated rings. The van der Waals surface area contributed by atoms with E-state index < -0.39 is 0 Å². The van der Waals surface area contributed by atoms with Crippen LogP contribution in [0.4, 0.5) is 0 Å². The Morgan fingerprint density at radius 3 is 3.13 bits per heavy atom. The summed E-state index contributed by atoms with van der Waals surface area (Å²) in [5.41, 5.74) is 3.10. The van der Waals surface area contributed by atoms with Gasteiger partial charge in [-0.3, -0.25) is 0 Å². The summed E-state index contributed by atoms with van der Waals surface area (Å²) >= 11 is 1.75. The number of nitrogens with zero attached hydrogens (tertiary/aromatic N) is 2. The first-order chi connectivity index (χ1) is 7.27. The molecule has 1 aliphatic heterocycles. The van der Waals surface area contributed by atoms with Crippen molar-refractivity contribution in [1.82, 2.24) is 15.2 Å². The van der Waals surface area contributed by atoms with Crippen molar-refractivity contribution in [3.63, 3.8) is 0 Å². The van der Waals surface area contributed by atoms with Crippen molar-refractivity contribution in [2.24, 2.45) is 0 Å². The molecule has 0 aliphatic carbocycles. The molecular formula is C11H19N3S. The molecule has 1 aromatic heterocycles. The van der Waals surface area contributed by atoms with Gasteiger partial charge in [0.2, 0.25) is 0 Å². The minimum absolute atomic E-state index is 0.734. The molecule has 15 heavy (non-hydrogen) atoms. The number of hydrogen-bond donors (Lipinski definition) is 1. The Kier molecular flexibility index (Phi) is 3.72. The third kappa shape index (κ3) is 2.77. The van der Waals surface area contributed by atoms with Gasteiger partial charge in [-0.2, -0.15) is 0 Å². The van der Waals surface area contributed by atoms with E-state index in [0.29, 0.717) is 0 Å². The van der Waals surface area contributed by atoms with Crippen LogP contribution in [0.25, 0.3) is 0 Å². The number of hydrogen-bond acceptors (Lipinski definition) is 4. The summed E-state index contributed by atoms with van der Waals surface area (Å²) in [6, 6.07) is 0.734. The molecule has 4 heteroatoms. The second kappa shape index (κ2) is 5.05. The lowest BCUT2D eigenvalue weighted by atomic mass is 10.2. The summed E-state index contributed by atoms with van der Waals surface area (Å²) in [5.74, 6) is 0. The van der Waals surface area contributed by atoms with E-state index in [0.717, 1.165) is 19.1 Å². The lowest BCUT2D eigenvalue weighted by molar-refractivity contribution is 0.300. The molecule has 1 aromatic rings. The average molecular weight is 225 g/mol. The fourth-order valence-corrected chi connectivity index (χ4v) is 2.83. The van der Waals surface area contributed by atoms with E-state index in [1.54, 1.807) is 11.3 Å². The molecular weight excluding hydrogens is 206 g/mol. The smallest absolute Gasteiger partial charge is 0.0798 e. The van der Waals surface area contributed by atoms with E-state index in [-0.39, 0.29) is 0 Å². The lowest BCUT2D eigenvalue weighted by Gasteiger charge is -2.19. The van der Waals surface area contributed by atoms with E-state index >= 15 is 0 Å². The Labute approximate surface area is 95.5 Å². The number of aryl methyl sites for hydroxylation is 1. The zero-order valence-electron chi connectivity index (χ0n) is 9.49. The first kappa shape index (κ1) is 11.0. The largest absolute Gasteiger partial charge is 0.310 e. The van der Waals surface area contributed by atoms with Gasteiger partial charge >= 0.3 is 0 Å². The lowest BCUT2D eigenvalue weighted by Crippen LogP contribution is -2.35. The Hall–Kier alpha value is -0.450. The monoisotopic (exact) mass is 225 g/mol. The Morgan fingerprint density at radius 2 is 2.53 bits per heavy atom. The van der Waals surface area contributed by atoms with Crippen molar-refractivity contribution in [3.8, 4) is 0 Å². The highest BCUT2D eigenvalue weighted by Gasteiger charge is 2.19. The minimum Gasteiger partial charge on any atom is -0.310 e. The van der Waals surface area contributed by atoms with E-state index in [9.17, 15) is 0 Å². The predicted molar refractivity (Wildman–Crippen MR) is 64.2 cm³/mol. The molecule has 1 N–H and O–H groups in total. The molecule has 0 saturated carbocycles. The summed E-state index contributed by atoms with van der Waals surface area (Å²) in [6.07, 6.45) is 2.69. The van der Waals surface area contributed by atoms with Crippen LogP contribution >= 0.6 is 11.3 Å². The molecule has 84 valence electrons. The summed E-state index contributed by atoms with van der Waals surface area (Å²) < 4.78 is 0. The van der Waals surface area contributed by atoms with Crippen molar-refractivity contribution < 1.29 is 0 Å². The third-order valence-electron chi connectivity index (χ3n) is 3.18. The molecule has 1 unspecified atom stereocenters. The molecule has 1 saturated heterocycles. The maximum absolute atomic E-state index is 4.25. The van der Waals surface area contributed by atoms with Gasteiger partial charge in [0.25, 0.3) is 0 Å². The normalized spacial score (nSPS) is 22.4. The van der Waals surface area contributed by atoms with Crippen molar-refractivity contribution in [1.29, 1.82) is 0 Å². The van der Waals surface area contributed by atoms with Crippen molar-refractivity contribution in [2.75, 3.05) is 20.1 Å². The topological polar surface area (TPSA) is 28.2 Å². The molecule has 0 amide bonds. The van der Waals surface area contributed by atoms with Gasteiger partial charge in [0.1, 0.15) is 0 Å². The van der Waals surface area contributed by atoms with Crippen molar-refractivity contribution >= 4 is 11.3 Å². The molecule has 3 nitrogen and oxygen atoms in total. The molecule has 0 aromatic carbocycles. The van der Waals surface area contributed by atoms with Crippen LogP contribution in [0, 0.1) is 6.92 Å². The quantitative estimate of drug-likeness (QED) is 0.844.